The van der Waals surface area contributed by atoms with Crippen molar-refractivity contribution in [2.45, 2.75) is 13.3 Å². The van der Waals surface area contributed by atoms with Gasteiger partial charge < -0.3 is 16.0 Å². The van der Waals surface area contributed by atoms with E-state index in [1.165, 1.54) is 11.3 Å². The Morgan fingerprint density at radius 1 is 0.958 bits per heavy atom. The maximum absolute atomic E-state index is 12.0. The summed E-state index contributed by atoms with van der Waals surface area (Å²) in [6.07, 6.45) is 1.07. The molecule has 1 aromatic heterocycles. The van der Waals surface area contributed by atoms with Crippen LogP contribution in [-0.2, 0) is 0 Å². The van der Waals surface area contributed by atoms with E-state index in [0.717, 1.165) is 19.5 Å². The van der Waals surface area contributed by atoms with E-state index >= 15 is 0 Å². The van der Waals surface area contributed by atoms with E-state index in [-0.39, 0.29) is 11.9 Å². The summed E-state index contributed by atoms with van der Waals surface area (Å²) in [4.78, 5) is 24.5. The first-order valence-corrected chi connectivity index (χ1v) is 8.72. The van der Waals surface area contributed by atoms with Crippen molar-refractivity contribution in [3.05, 3.63) is 47.3 Å². The van der Waals surface area contributed by atoms with Crippen molar-refractivity contribution in [3.63, 3.8) is 0 Å². The molecule has 0 aliphatic rings. The Hall–Kier alpha value is -2.38. The molecule has 0 aliphatic heterocycles. The number of amides is 3. The number of thiophene rings is 1. The summed E-state index contributed by atoms with van der Waals surface area (Å²) >= 11 is 1.24. The predicted octanol–water partition coefficient (Wildman–Crippen LogP) is 3.12. The van der Waals surface area contributed by atoms with Gasteiger partial charge >= 0.3 is 6.03 Å². The van der Waals surface area contributed by atoms with Crippen LogP contribution in [0.5, 0.6) is 0 Å². The summed E-state index contributed by atoms with van der Waals surface area (Å²) in [5.41, 5.74) is 0.712. The molecule has 0 aliphatic carbocycles. The summed E-state index contributed by atoms with van der Waals surface area (Å²) < 4.78 is 0. The molecule has 0 saturated carbocycles. The second-order valence-electron chi connectivity index (χ2n) is 5.11. The first kappa shape index (κ1) is 18.0. The van der Waals surface area contributed by atoms with Gasteiger partial charge in [0, 0.05) is 18.8 Å². The maximum atomic E-state index is 12.0. The zero-order valence-electron chi connectivity index (χ0n) is 13.6. The standard InChI is InChI=1S/C17H22N4O2S/c1-2-10-18-11-12-19-16(22)14-8-9-15(24-14)21-17(23)20-13-6-4-3-5-7-13/h3-9,18H,2,10-12H2,1H3,(H,19,22)(H2,20,21,23). The summed E-state index contributed by atoms with van der Waals surface area (Å²) in [5.74, 6) is -0.130. The quantitative estimate of drug-likeness (QED) is 0.554. The number of rotatable bonds is 8. The third-order valence-corrected chi connectivity index (χ3v) is 4.11. The number of para-hydroxylation sites is 1. The van der Waals surface area contributed by atoms with E-state index < -0.39 is 0 Å². The van der Waals surface area contributed by atoms with Gasteiger partial charge in [0.05, 0.1) is 9.88 Å². The minimum absolute atomic E-state index is 0.130. The molecule has 4 N–H and O–H groups in total. The first-order chi connectivity index (χ1) is 11.7. The molecule has 3 amide bonds. The highest BCUT2D eigenvalue weighted by Gasteiger charge is 2.10. The molecule has 6 nitrogen and oxygen atoms in total. The van der Waals surface area contributed by atoms with E-state index in [1.54, 1.807) is 24.3 Å². The van der Waals surface area contributed by atoms with Gasteiger partial charge in [-0.3, -0.25) is 10.1 Å². The number of carbonyl (C=O) groups excluding carboxylic acids is 2. The molecule has 2 aromatic rings. The normalized spacial score (nSPS) is 10.2. The van der Waals surface area contributed by atoms with Crippen LogP contribution in [0.3, 0.4) is 0 Å². The minimum atomic E-state index is -0.334. The number of hydrogen-bond donors (Lipinski definition) is 4. The van der Waals surface area contributed by atoms with Crippen LogP contribution in [-0.4, -0.2) is 31.6 Å². The number of carbonyl (C=O) groups is 2. The third kappa shape index (κ3) is 6.02. The Morgan fingerprint density at radius 2 is 1.75 bits per heavy atom. The van der Waals surface area contributed by atoms with Crippen molar-refractivity contribution in [3.8, 4) is 0 Å². The molecule has 2 rings (SSSR count). The minimum Gasteiger partial charge on any atom is -0.350 e. The highest BCUT2D eigenvalue weighted by atomic mass is 32.1. The molecule has 24 heavy (non-hydrogen) atoms. The van der Waals surface area contributed by atoms with Crippen LogP contribution in [0.15, 0.2) is 42.5 Å². The van der Waals surface area contributed by atoms with Gasteiger partial charge in [0.2, 0.25) is 0 Å². The molecule has 0 fully saturated rings. The van der Waals surface area contributed by atoms with Gasteiger partial charge in [-0.25, -0.2) is 4.79 Å². The third-order valence-electron chi connectivity index (χ3n) is 3.11. The van der Waals surface area contributed by atoms with Crippen molar-refractivity contribution in [2.24, 2.45) is 0 Å². The predicted molar refractivity (Wildman–Crippen MR) is 98.9 cm³/mol. The molecule has 1 heterocycles. The fourth-order valence-corrected chi connectivity index (χ4v) is 2.79. The Labute approximate surface area is 145 Å². The maximum Gasteiger partial charge on any atom is 0.324 e. The molecule has 1 aromatic carbocycles. The second-order valence-corrected chi connectivity index (χ2v) is 6.20. The molecular formula is C17H22N4O2S. The van der Waals surface area contributed by atoms with Crippen molar-refractivity contribution in [2.75, 3.05) is 30.3 Å². The van der Waals surface area contributed by atoms with Crippen LogP contribution in [0.2, 0.25) is 0 Å². The van der Waals surface area contributed by atoms with Gasteiger partial charge in [0.1, 0.15) is 0 Å². The Bertz CT molecular complexity index is 658. The SMILES string of the molecule is CCCNCCNC(=O)c1ccc(NC(=O)Nc2ccccc2)s1. The zero-order chi connectivity index (χ0) is 17.2. The summed E-state index contributed by atoms with van der Waals surface area (Å²) in [7, 11) is 0. The highest BCUT2D eigenvalue weighted by Crippen LogP contribution is 2.22. The summed E-state index contributed by atoms with van der Waals surface area (Å²) in [5, 5.41) is 12.1. The van der Waals surface area contributed by atoms with E-state index in [2.05, 4.69) is 28.2 Å². The second kappa shape index (κ2) is 9.69. The lowest BCUT2D eigenvalue weighted by Gasteiger charge is -2.05. The van der Waals surface area contributed by atoms with Crippen LogP contribution in [0, 0.1) is 0 Å². The van der Waals surface area contributed by atoms with Crippen molar-refractivity contribution in [1.82, 2.24) is 10.6 Å². The molecule has 7 heteroatoms. The Morgan fingerprint density at radius 3 is 2.50 bits per heavy atom. The average Bonchev–Trinajstić information content (AvgIpc) is 3.04. The topological polar surface area (TPSA) is 82.3 Å². The largest absolute Gasteiger partial charge is 0.350 e. The van der Waals surface area contributed by atoms with Gasteiger partial charge in [-0.05, 0) is 37.2 Å². The number of anilines is 2. The molecule has 0 spiro atoms. The smallest absolute Gasteiger partial charge is 0.324 e. The fourth-order valence-electron chi connectivity index (χ4n) is 1.98. The highest BCUT2D eigenvalue weighted by molar-refractivity contribution is 7.18. The molecule has 0 radical (unpaired) electrons. The fraction of sp³-hybridized carbons (Fsp3) is 0.294. The first-order valence-electron chi connectivity index (χ1n) is 7.91. The van der Waals surface area contributed by atoms with Crippen molar-refractivity contribution in [1.29, 1.82) is 0 Å². The number of benzene rings is 1. The number of nitrogens with one attached hydrogen (secondary N) is 4. The van der Waals surface area contributed by atoms with E-state index in [1.807, 2.05) is 18.2 Å². The lowest BCUT2D eigenvalue weighted by atomic mass is 10.3. The lowest BCUT2D eigenvalue weighted by Crippen LogP contribution is -2.31. The summed E-state index contributed by atoms with van der Waals surface area (Å²) in [6.45, 7) is 4.36. The molecule has 128 valence electrons. The van der Waals surface area contributed by atoms with E-state index in [9.17, 15) is 9.59 Å². The molecular weight excluding hydrogens is 324 g/mol. The Balaban J connectivity index is 1.77. The Kier molecular flexibility index (Phi) is 7.25. The van der Waals surface area contributed by atoms with Crippen molar-refractivity contribution < 1.29 is 9.59 Å². The van der Waals surface area contributed by atoms with E-state index in [0.29, 0.717) is 22.1 Å². The van der Waals surface area contributed by atoms with Gasteiger partial charge in [0.25, 0.3) is 5.91 Å². The van der Waals surface area contributed by atoms with Crippen LogP contribution in [0.4, 0.5) is 15.5 Å². The lowest BCUT2D eigenvalue weighted by molar-refractivity contribution is 0.0958. The molecule has 0 unspecified atom stereocenters. The molecule has 0 atom stereocenters. The van der Waals surface area contributed by atoms with Crippen LogP contribution >= 0.6 is 11.3 Å². The zero-order valence-corrected chi connectivity index (χ0v) is 14.4. The average molecular weight is 346 g/mol. The van der Waals surface area contributed by atoms with Gasteiger partial charge in [0.15, 0.2) is 0 Å². The van der Waals surface area contributed by atoms with Crippen LogP contribution in [0.1, 0.15) is 23.0 Å². The van der Waals surface area contributed by atoms with Gasteiger partial charge in [-0.1, -0.05) is 25.1 Å². The number of urea groups is 1. The molecule has 0 saturated heterocycles. The molecule has 0 bridgehead atoms. The monoisotopic (exact) mass is 346 g/mol. The van der Waals surface area contributed by atoms with Crippen LogP contribution < -0.4 is 21.3 Å². The summed E-state index contributed by atoms with van der Waals surface area (Å²) in [6, 6.07) is 12.3. The van der Waals surface area contributed by atoms with Crippen molar-refractivity contribution >= 4 is 34.0 Å². The van der Waals surface area contributed by atoms with Crippen LogP contribution in [0.25, 0.3) is 0 Å². The van der Waals surface area contributed by atoms with Gasteiger partial charge in [-0.2, -0.15) is 0 Å². The van der Waals surface area contributed by atoms with E-state index in [4.69, 9.17) is 0 Å². The number of hydrogen-bond acceptors (Lipinski definition) is 4. The van der Waals surface area contributed by atoms with Gasteiger partial charge in [-0.15, -0.1) is 11.3 Å².